The second-order valence-corrected chi connectivity index (χ2v) is 37.4. The van der Waals surface area contributed by atoms with Crippen LogP contribution in [-0.2, 0) is 0 Å². The Morgan fingerprint density at radius 1 is 0.298 bits per heavy atom. The first-order chi connectivity index (χ1) is 67.4. The maximum absolute atomic E-state index is 12.9. The van der Waals surface area contributed by atoms with E-state index < -0.39 is 0 Å². The zero-order valence-electron chi connectivity index (χ0n) is 82.4. The Morgan fingerprint density at radius 3 is 0.787 bits per heavy atom. The number of ketones is 5. The lowest BCUT2D eigenvalue weighted by molar-refractivity contribution is 0.0902. The summed E-state index contributed by atoms with van der Waals surface area (Å²) in [5.74, 6) is 3.71. The van der Waals surface area contributed by atoms with Crippen LogP contribution in [0.5, 0.6) is 57.5 Å². The lowest BCUT2D eigenvalue weighted by Crippen LogP contribution is -2.27. The summed E-state index contributed by atoms with van der Waals surface area (Å²) in [4.78, 5) is 122. The van der Waals surface area contributed by atoms with Crippen LogP contribution in [0.4, 0.5) is 28.4 Å². The van der Waals surface area contributed by atoms with Crippen LogP contribution in [0.3, 0.4) is 0 Å². The third-order valence-electron chi connectivity index (χ3n) is 24.4. The topological polar surface area (TPSA) is 323 Å². The van der Waals surface area contributed by atoms with Crippen LogP contribution in [0, 0.1) is 40.5 Å². The molecule has 141 heavy (non-hydrogen) atoms. The number of nitrogens with one attached hydrogen (secondary N) is 5. The maximum atomic E-state index is 12.9. The number of aryl methyl sites for hydroxylation is 5. The average Bonchev–Trinajstić information content (AvgIpc) is 1.49. The number of rotatable bonds is 36. The van der Waals surface area contributed by atoms with Crippen LogP contribution in [0.25, 0.3) is 0 Å². The van der Waals surface area contributed by atoms with Gasteiger partial charge in [0.2, 0.25) is 0 Å². The molecule has 10 aromatic carbocycles. The number of hydrogen-bond acceptors (Lipinski definition) is 20. The molecule has 0 heterocycles. The Bertz CT molecular complexity index is 6290. The van der Waals surface area contributed by atoms with E-state index in [0.717, 1.165) is 131 Å². The van der Waals surface area contributed by atoms with E-state index in [-0.39, 0.29) is 89.0 Å². The number of Topliss-reactive ketones (excluding diaryl/α,β-unsaturated/α-hetero) is 5. The minimum atomic E-state index is -0.325. The van der Waals surface area contributed by atoms with Gasteiger partial charge < -0.3 is 74.0 Å². The Morgan fingerprint density at radius 2 is 0.539 bits per heavy atom. The summed E-state index contributed by atoms with van der Waals surface area (Å²) >= 11 is 31.8. The molecule has 5 fully saturated rings. The van der Waals surface area contributed by atoms with Gasteiger partial charge in [-0.05, 0) is 371 Å². The molecule has 746 valence electrons. The van der Waals surface area contributed by atoms with Crippen LogP contribution < -0.4 is 74.0 Å². The van der Waals surface area contributed by atoms with Crippen LogP contribution in [0.1, 0.15) is 296 Å². The van der Waals surface area contributed by atoms with Crippen LogP contribution in [-0.4, -0.2) is 123 Å². The molecule has 0 bridgehead atoms. The summed E-state index contributed by atoms with van der Waals surface area (Å²) in [6, 6.07) is 42.2. The fourth-order valence-corrected chi connectivity index (χ4v) is 16.9. The molecule has 0 aliphatic heterocycles. The van der Waals surface area contributed by atoms with Crippen molar-refractivity contribution in [3.05, 3.63) is 260 Å². The van der Waals surface area contributed by atoms with Gasteiger partial charge in [-0.1, -0.05) is 71.9 Å². The van der Waals surface area contributed by atoms with E-state index in [1.165, 1.54) is 48.8 Å². The summed E-state index contributed by atoms with van der Waals surface area (Å²) in [7, 11) is 3.04. The molecule has 5 aliphatic carbocycles. The van der Waals surface area contributed by atoms with Crippen molar-refractivity contribution in [2.75, 3.05) is 60.6 Å². The van der Waals surface area contributed by atoms with E-state index in [1.807, 2.05) is 62.3 Å². The number of hydrogen-bond donors (Lipinski definition) is 5. The van der Waals surface area contributed by atoms with Crippen LogP contribution in [0.15, 0.2) is 152 Å². The molecule has 0 radical (unpaired) electrons. The number of benzene rings is 10. The molecule has 5 amide bonds. The molecule has 0 unspecified atom stereocenters. The Labute approximate surface area is 849 Å². The van der Waals surface area contributed by atoms with E-state index in [9.17, 15) is 47.9 Å². The standard InChI is InChI=1S/C24H26ClNO4.2C22H24ClNO4.C22H26ClNO4.C21H22ClNO4/c1-14-11-17(9-10-20(14)15(2)27)26-24(28)16-12-21(25)23(30-19-7-4-8-19)22(13-16)29-18-5-3-6-18;1-4-27-21-19(23)10-16(11-20(21)28-12-15-5-6-15)22(26)24-17-7-8-18(14(3)25)13(2)9-17;1-4-27-21-19(23)11-15(12-20(21)28-17-6-5-7-17)22(26)24-16-8-9-18(14(3)25)13(2)10-16;1-6-17(7-2)28-20-12-15(11-19(23)21(20)27-5)22(26)24-16-8-9-18(14(4)25)13(3)10-16;1-12-9-15(7-8-17(12)13(2)24)23-21(25)14-10-18(22)20(26-3)19(11-14)27-16-5-4-6-16/h9-13,18-19H,3-8H2,1-2H3,(H,26,28);7-11,15H,4-6,12H2,1-3H3,(H,24,26);8-12,17H,4-7H2,1-3H3,(H,24,26);8-12,17H,6-7H2,1-5H3,(H,24,26);7-11,16H,4-6H2,1-3H3,(H,23,25). The Hall–Kier alpha value is -12.7. The van der Waals surface area contributed by atoms with Crippen molar-refractivity contribution < 1.29 is 95.3 Å². The zero-order valence-corrected chi connectivity index (χ0v) is 86.2. The minimum absolute atomic E-state index is 0.00278. The van der Waals surface area contributed by atoms with Crippen molar-refractivity contribution >= 4 is 145 Å². The first-order valence-corrected chi connectivity index (χ1v) is 49.4. The van der Waals surface area contributed by atoms with Gasteiger partial charge >= 0.3 is 0 Å². The van der Waals surface area contributed by atoms with Crippen molar-refractivity contribution in [1.29, 1.82) is 0 Å². The molecule has 30 heteroatoms. The lowest BCUT2D eigenvalue weighted by atomic mass is 9.95. The molecule has 0 atom stereocenters. The molecule has 0 spiro atoms. The van der Waals surface area contributed by atoms with Gasteiger partial charge in [-0.25, -0.2) is 0 Å². The smallest absolute Gasteiger partial charge is 0.255 e. The lowest BCUT2D eigenvalue weighted by Gasteiger charge is -2.31. The summed E-state index contributed by atoms with van der Waals surface area (Å²) in [6.45, 7) is 26.1. The van der Waals surface area contributed by atoms with Gasteiger partial charge in [-0.15, -0.1) is 0 Å². The first kappa shape index (κ1) is 109. The number of halogens is 5. The van der Waals surface area contributed by atoms with Gasteiger partial charge in [-0.2, -0.15) is 0 Å². The molecule has 5 aliphatic rings. The Balaban J connectivity index is 0.000000169. The van der Waals surface area contributed by atoms with Gasteiger partial charge in [0.15, 0.2) is 86.4 Å². The molecule has 25 nitrogen and oxygen atoms in total. The summed E-state index contributed by atoms with van der Waals surface area (Å²) in [5.41, 5.74) is 12.2. The quantitative estimate of drug-likeness (QED) is 0.0228. The molecule has 5 N–H and O–H groups in total. The highest BCUT2D eigenvalue weighted by molar-refractivity contribution is 6.35. The highest BCUT2D eigenvalue weighted by Gasteiger charge is 2.32. The largest absolute Gasteiger partial charge is 0.491 e. The molecule has 15 rings (SSSR count). The molecule has 0 saturated heterocycles. The van der Waals surface area contributed by atoms with Gasteiger partial charge in [0.25, 0.3) is 29.5 Å². The monoisotopic (exact) mass is 2020 g/mol. The van der Waals surface area contributed by atoms with Gasteiger partial charge in [-0.3, -0.25) is 47.9 Å². The number of carbonyl (C=O) groups is 10. The van der Waals surface area contributed by atoms with Gasteiger partial charge in [0.1, 0.15) is 0 Å². The third kappa shape index (κ3) is 30.0. The first-order valence-electron chi connectivity index (χ1n) is 47.5. The van der Waals surface area contributed by atoms with Crippen molar-refractivity contribution in [3.8, 4) is 57.5 Å². The van der Waals surface area contributed by atoms with Crippen molar-refractivity contribution in [1.82, 2.24) is 0 Å². The third-order valence-corrected chi connectivity index (χ3v) is 25.8. The molecular weight excluding hydrogens is 1900 g/mol. The highest BCUT2D eigenvalue weighted by Crippen LogP contribution is 2.46. The number of amides is 5. The predicted octanol–water partition coefficient (Wildman–Crippen LogP) is 27.4. The maximum Gasteiger partial charge on any atom is 0.255 e. The number of ether oxygens (including phenoxy) is 10. The molecular formula is C111H122Cl5N5O20. The minimum Gasteiger partial charge on any atom is -0.491 e. The fraction of sp³-hybridized carbons (Fsp3) is 0.369. The molecule has 10 aromatic rings. The van der Waals surface area contributed by atoms with Crippen LogP contribution >= 0.6 is 58.0 Å². The van der Waals surface area contributed by atoms with Crippen molar-refractivity contribution in [2.24, 2.45) is 5.92 Å². The van der Waals surface area contributed by atoms with E-state index in [0.29, 0.717) is 192 Å². The Kier molecular flexibility index (Phi) is 39.5. The summed E-state index contributed by atoms with van der Waals surface area (Å²) in [5, 5.41) is 15.9. The van der Waals surface area contributed by atoms with E-state index in [4.69, 9.17) is 105 Å². The average molecular weight is 2020 g/mol. The van der Waals surface area contributed by atoms with Crippen LogP contribution in [0.2, 0.25) is 25.1 Å². The number of methoxy groups -OCH3 is 2. The SMILES string of the molecule is CC(=O)c1ccc(NC(=O)c2cc(Cl)c(OC3CCC3)c(OC3CCC3)c2)cc1C.CCC(CC)Oc1cc(C(=O)Nc2ccc(C(C)=O)c(C)c2)cc(Cl)c1OC.CCOc1c(Cl)cc(C(=O)Nc2ccc(C(C)=O)c(C)c2)cc1OC1CCC1.CCOc1c(Cl)cc(C(=O)Nc2ccc(C(C)=O)c(C)c2)cc1OCC1CC1.COc1c(Cl)cc(C(=O)Nc2ccc(C(C)=O)c(C)c2)cc1OC1CCC1. The zero-order chi connectivity index (χ0) is 102. The summed E-state index contributed by atoms with van der Waals surface area (Å²) < 4.78 is 57.9. The van der Waals surface area contributed by atoms with E-state index >= 15 is 0 Å². The second-order valence-electron chi connectivity index (χ2n) is 35.4. The van der Waals surface area contributed by atoms with Gasteiger partial charge in [0, 0.05) is 84.1 Å². The van der Waals surface area contributed by atoms with E-state index in [1.54, 1.807) is 152 Å². The van der Waals surface area contributed by atoms with Gasteiger partial charge in [0.05, 0.1) is 89.7 Å². The fourth-order valence-electron chi connectivity index (χ4n) is 15.5. The molecule has 0 aromatic heterocycles. The normalized spacial score (nSPS) is 13.5. The molecule has 5 saturated carbocycles. The van der Waals surface area contributed by atoms with Crippen molar-refractivity contribution in [2.45, 2.75) is 230 Å². The summed E-state index contributed by atoms with van der Waals surface area (Å²) in [6.07, 6.45) is 17.1. The number of carbonyl (C=O) groups excluding carboxylic acids is 10. The van der Waals surface area contributed by atoms with E-state index in [2.05, 4.69) is 26.6 Å². The van der Waals surface area contributed by atoms with Crippen molar-refractivity contribution in [3.63, 3.8) is 0 Å². The highest BCUT2D eigenvalue weighted by atomic mass is 35.5. The second kappa shape index (κ2) is 51.2. The number of anilines is 5. The predicted molar refractivity (Wildman–Crippen MR) is 555 cm³/mol.